The predicted octanol–water partition coefficient (Wildman–Crippen LogP) is 3.28. The molecule has 168 valence electrons. The number of hydrogen-bond donors (Lipinski definition) is 2. The van der Waals surface area contributed by atoms with Crippen molar-refractivity contribution < 1.29 is 27.4 Å². The number of aromatic amines is 1. The van der Waals surface area contributed by atoms with Crippen LogP contribution in [0.5, 0.6) is 5.88 Å². The maximum absolute atomic E-state index is 13.5. The molecule has 32 heavy (non-hydrogen) atoms. The third-order valence-corrected chi connectivity index (χ3v) is 7.05. The van der Waals surface area contributed by atoms with E-state index in [2.05, 4.69) is 15.2 Å². The smallest absolute Gasteiger partial charge is 0.265 e. The third kappa shape index (κ3) is 4.69. The molecule has 2 aromatic carbocycles. The zero-order valence-electron chi connectivity index (χ0n) is 17.0. The van der Waals surface area contributed by atoms with Crippen molar-refractivity contribution in [2.75, 3.05) is 26.3 Å². The van der Waals surface area contributed by atoms with Crippen molar-refractivity contribution in [1.29, 1.82) is 0 Å². The Bertz CT molecular complexity index is 1270. The summed E-state index contributed by atoms with van der Waals surface area (Å²) in [5, 5.41) is 17.6. The number of hydrogen-bond acceptors (Lipinski definition) is 6. The summed E-state index contributed by atoms with van der Waals surface area (Å²) in [5.74, 6) is -1.34. The van der Waals surface area contributed by atoms with Crippen molar-refractivity contribution >= 4 is 32.5 Å². The van der Waals surface area contributed by atoms with Crippen LogP contribution in [0.4, 0.5) is 10.1 Å². The summed E-state index contributed by atoms with van der Waals surface area (Å²) in [6.45, 7) is 1.39. The van der Waals surface area contributed by atoms with Crippen molar-refractivity contribution in [3.63, 3.8) is 0 Å². The molecular weight excluding hydrogens is 439 g/mol. The van der Waals surface area contributed by atoms with Crippen molar-refractivity contribution in [2.24, 2.45) is 10.2 Å². The summed E-state index contributed by atoms with van der Waals surface area (Å²) in [6.07, 6.45) is 0.376. The van der Waals surface area contributed by atoms with E-state index < -0.39 is 21.7 Å². The van der Waals surface area contributed by atoms with Gasteiger partial charge in [0.05, 0.1) is 23.6 Å². The Labute approximate surface area is 183 Å². The molecule has 1 aromatic heterocycles. The van der Waals surface area contributed by atoms with E-state index in [0.29, 0.717) is 43.6 Å². The van der Waals surface area contributed by atoms with E-state index in [1.54, 1.807) is 12.1 Å². The number of carbonyl (C=O) groups excluding carboxylic acids is 1. The minimum absolute atomic E-state index is 0.00878. The first-order valence-electron chi connectivity index (χ1n) is 9.96. The van der Waals surface area contributed by atoms with Gasteiger partial charge >= 0.3 is 0 Å². The number of carbonyl (C=O) groups is 1. The number of nitrogens with one attached hydrogen (secondary N) is 1. The number of ether oxygens (including phenoxy) is 1. The molecule has 1 aliphatic rings. The Balaban J connectivity index is 1.38. The molecule has 0 saturated carbocycles. The first kappa shape index (κ1) is 22.1. The molecule has 1 aliphatic heterocycles. The predicted molar refractivity (Wildman–Crippen MR) is 114 cm³/mol. The minimum atomic E-state index is -3.57. The average molecular weight is 460 g/mol. The fourth-order valence-corrected chi connectivity index (χ4v) is 4.82. The highest BCUT2D eigenvalue weighted by atomic mass is 32.2. The van der Waals surface area contributed by atoms with Gasteiger partial charge in [-0.1, -0.05) is 12.1 Å². The largest absolute Gasteiger partial charge is 0.493 e. The van der Waals surface area contributed by atoms with Gasteiger partial charge in [0.1, 0.15) is 5.82 Å². The number of aryl methyl sites for hydroxylation is 1. The lowest BCUT2D eigenvalue weighted by atomic mass is 10.1. The quantitative estimate of drug-likeness (QED) is 0.546. The second kappa shape index (κ2) is 9.15. The molecule has 1 amide bonds. The van der Waals surface area contributed by atoms with Crippen LogP contribution < -0.4 is 0 Å². The lowest BCUT2D eigenvalue weighted by Crippen LogP contribution is -2.40. The van der Waals surface area contributed by atoms with Gasteiger partial charge in [0.25, 0.3) is 5.91 Å². The number of H-pyrrole nitrogens is 1. The number of amides is 1. The molecule has 0 aliphatic carbocycles. The molecule has 1 saturated heterocycles. The Morgan fingerprint density at radius 1 is 1.16 bits per heavy atom. The molecular formula is C21H21FN4O5S. The van der Waals surface area contributed by atoms with E-state index in [1.807, 2.05) is 0 Å². The van der Waals surface area contributed by atoms with Crippen LogP contribution in [0, 0.1) is 5.82 Å². The summed E-state index contributed by atoms with van der Waals surface area (Å²) in [6, 6.07) is 10.2. The highest BCUT2D eigenvalue weighted by Gasteiger charge is 2.26. The number of halogens is 1. The van der Waals surface area contributed by atoms with Crippen LogP contribution in [0.1, 0.15) is 12.0 Å². The first-order chi connectivity index (χ1) is 15.3. The molecule has 0 atom stereocenters. The molecule has 4 rings (SSSR count). The Morgan fingerprint density at radius 3 is 2.59 bits per heavy atom. The molecule has 1 fully saturated rings. The van der Waals surface area contributed by atoms with Gasteiger partial charge in [0.2, 0.25) is 15.9 Å². The average Bonchev–Trinajstić information content (AvgIpc) is 3.11. The van der Waals surface area contributed by atoms with Crippen LogP contribution in [0.3, 0.4) is 0 Å². The van der Waals surface area contributed by atoms with Crippen LogP contribution in [0.25, 0.3) is 10.9 Å². The molecule has 2 heterocycles. The lowest BCUT2D eigenvalue weighted by molar-refractivity contribution is -0.118. The molecule has 2 N–H and O–H groups in total. The normalized spacial score (nSPS) is 15.5. The Morgan fingerprint density at radius 2 is 1.88 bits per heavy atom. The monoisotopic (exact) mass is 460 g/mol. The van der Waals surface area contributed by atoms with E-state index in [-0.39, 0.29) is 22.9 Å². The molecule has 3 aromatic rings. The van der Waals surface area contributed by atoms with Gasteiger partial charge < -0.3 is 14.8 Å². The third-order valence-electron chi connectivity index (χ3n) is 5.13. The van der Waals surface area contributed by atoms with Gasteiger partial charge in [-0.05, 0) is 42.3 Å². The van der Waals surface area contributed by atoms with Crippen molar-refractivity contribution in [2.45, 2.75) is 17.7 Å². The van der Waals surface area contributed by atoms with Gasteiger partial charge in [0.15, 0.2) is 5.69 Å². The summed E-state index contributed by atoms with van der Waals surface area (Å²) < 4.78 is 45.3. The fourth-order valence-electron chi connectivity index (χ4n) is 3.41. The summed E-state index contributed by atoms with van der Waals surface area (Å²) >= 11 is 0. The number of fused-ring (bicyclic) bond motifs is 1. The number of rotatable bonds is 6. The molecule has 9 nitrogen and oxygen atoms in total. The van der Waals surface area contributed by atoms with Crippen LogP contribution in [-0.2, 0) is 26.0 Å². The highest BCUT2D eigenvalue weighted by molar-refractivity contribution is 7.89. The van der Waals surface area contributed by atoms with Crippen LogP contribution in [0.2, 0.25) is 0 Å². The number of azo groups is 1. The summed E-state index contributed by atoms with van der Waals surface area (Å²) in [7, 11) is -3.57. The van der Waals surface area contributed by atoms with Gasteiger partial charge in [-0.2, -0.15) is 4.31 Å². The van der Waals surface area contributed by atoms with Gasteiger partial charge in [-0.25, -0.2) is 12.8 Å². The molecule has 0 spiro atoms. The summed E-state index contributed by atoms with van der Waals surface area (Å²) in [5.41, 5.74) is 1.23. The number of sulfonamides is 1. The second-order valence-electron chi connectivity index (χ2n) is 7.27. The Hall–Kier alpha value is -3.15. The second-order valence-corrected chi connectivity index (χ2v) is 9.20. The lowest BCUT2D eigenvalue weighted by Gasteiger charge is -2.26. The number of morpholine rings is 1. The number of benzene rings is 2. The zero-order valence-corrected chi connectivity index (χ0v) is 17.8. The minimum Gasteiger partial charge on any atom is -0.493 e. The molecule has 0 radical (unpaired) electrons. The van der Waals surface area contributed by atoms with Crippen LogP contribution in [-0.4, -0.2) is 55.0 Å². The molecule has 0 bridgehead atoms. The standard InChI is InChI=1S/C21H21FN4O5S/c22-15-4-7-18-17(13-15)20(21(28)23-18)25-24-19(27)8-3-14-1-5-16(6-2-14)32(29,30)26-9-11-31-12-10-26/h1-2,4-7,13,23,28H,3,8-12H2. The number of aromatic hydroxyl groups is 1. The fraction of sp³-hybridized carbons (Fsp3) is 0.286. The number of aromatic nitrogens is 1. The van der Waals surface area contributed by atoms with Gasteiger partial charge in [-0.15, -0.1) is 10.2 Å². The molecule has 11 heteroatoms. The van der Waals surface area contributed by atoms with Crippen molar-refractivity contribution in [3.05, 3.63) is 53.8 Å². The number of nitrogens with zero attached hydrogens (tertiary/aromatic N) is 3. The van der Waals surface area contributed by atoms with Crippen molar-refractivity contribution in [1.82, 2.24) is 9.29 Å². The van der Waals surface area contributed by atoms with Gasteiger partial charge in [0, 0.05) is 24.9 Å². The van der Waals surface area contributed by atoms with Crippen molar-refractivity contribution in [3.8, 4) is 5.88 Å². The van der Waals surface area contributed by atoms with Crippen LogP contribution in [0.15, 0.2) is 57.6 Å². The SMILES string of the molecule is O=C(CCc1ccc(S(=O)(=O)N2CCOCC2)cc1)N=Nc1c(O)[nH]c2ccc(F)cc12. The highest BCUT2D eigenvalue weighted by Crippen LogP contribution is 2.35. The van der Waals surface area contributed by atoms with E-state index >= 15 is 0 Å². The van der Waals surface area contributed by atoms with Gasteiger partial charge in [-0.3, -0.25) is 4.79 Å². The van der Waals surface area contributed by atoms with E-state index in [1.165, 1.54) is 34.6 Å². The van der Waals surface area contributed by atoms with E-state index in [0.717, 1.165) is 5.56 Å². The summed E-state index contributed by atoms with van der Waals surface area (Å²) in [4.78, 5) is 15.0. The zero-order chi connectivity index (χ0) is 22.7. The van der Waals surface area contributed by atoms with E-state index in [9.17, 15) is 22.7 Å². The Kier molecular flexibility index (Phi) is 6.31. The maximum atomic E-state index is 13.5. The maximum Gasteiger partial charge on any atom is 0.265 e. The van der Waals surface area contributed by atoms with E-state index in [4.69, 9.17) is 4.74 Å². The first-order valence-corrected chi connectivity index (χ1v) is 11.4. The molecule has 0 unspecified atom stereocenters. The van der Waals surface area contributed by atoms with Crippen LogP contribution >= 0.6 is 0 Å². The topological polar surface area (TPSA) is 124 Å².